The average Bonchev–Trinajstić information content (AvgIpc) is 1.93. The first-order valence-corrected chi connectivity index (χ1v) is 6.48. The SMILES string of the molecule is CC1(C)CC(C(=O)N2CC(C(C)(C)C)C2)C1. The number of rotatable bonds is 1. The van der Waals surface area contributed by atoms with Crippen molar-refractivity contribution in [3.05, 3.63) is 0 Å². The maximum Gasteiger partial charge on any atom is 0.225 e. The van der Waals surface area contributed by atoms with Gasteiger partial charge in [0.2, 0.25) is 5.91 Å². The van der Waals surface area contributed by atoms with Gasteiger partial charge < -0.3 is 4.90 Å². The summed E-state index contributed by atoms with van der Waals surface area (Å²) in [6, 6.07) is 0. The van der Waals surface area contributed by atoms with Crippen LogP contribution < -0.4 is 0 Å². The maximum absolute atomic E-state index is 12.1. The van der Waals surface area contributed by atoms with Gasteiger partial charge in [0.05, 0.1) is 0 Å². The maximum atomic E-state index is 12.1. The highest BCUT2D eigenvalue weighted by atomic mass is 16.2. The molecule has 0 N–H and O–H groups in total. The van der Waals surface area contributed by atoms with Gasteiger partial charge in [-0.15, -0.1) is 0 Å². The molecule has 2 aliphatic rings. The van der Waals surface area contributed by atoms with Crippen LogP contribution in [0.15, 0.2) is 0 Å². The molecule has 92 valence electrons. The van der Waals surface area contributed by atoms with Crippen LogP contribution in [0.1, 0.15) is 47.5 Å². The lowest BCUT2D eigenvalue weighted by Crippen LogP contribution is -2.57. The van der Waals surface area contributed by atoms with Gasteiger partial charge in [-0.2, -0.15) is 0 Å². The number of hydrogen-bond acceptors (Lipinski definition) is 1. The van der Waals surface area contributed by atoms with Crippen LogP contribution in [0, 0.1) is 22.7 Å². The molecule has 0 bridgehead atoms. The normalized spacial score (nSPS) is 26.2. The Morgan fingerprint density at radius 3 is 2.06 bits per heavy atom. The first-order chi connectivity index (χ1) is 7.19. The quantitative estimate of drug-likeness (QED) is 0.669. The minimum Gasteiger partial charge on any atom is -0.342 e. The van der Waals surface area contributed by atoms with Crippen molar-refractivity contribution in [3.8, 4) is 0 Å². The molecular weight excluding hydrogens is 198 g/mol. The standard InChI is InChI=1S/C14H25NO/c1-13(2,3)11-8-15(9-11)12(16)10-6-14(4,5)7-10/h10-11H,6-9H2,1-5H3. The molecule has 1 aliphatic heterocycles. The van der Waals surface area contributed by atoms with Crippen LogP contribution in [-0.4, -0.2) is 23.9 Å². The summed E-state index contributed by atoms with van der Waals surface area (Å²) >= 11 is 0. The molecule has 2 rings (SSSR count). The van der Waals surface area contributed by atoms with Crippen LogP contribution in [0.25, 0.3) is 0 Å². The molecule has 0 aromatic heterocycles. The minimum atomic E-state index is 0.330. The van der Waals surface area contributed by atoms with Crippen molar-refractivity contribution in [1.29, 1.82) is 0 Å². The van der Waals surface area contributed by atoms with Gasteiger partial charge in [0.15, 0.2) is 0 Å². The number of nitrogens with zero attached hydrogens (tertiary/aromatic N) is 1. The zero-order valence-electron chi connectivity index (χ0n) is 11.3. The number of carbonyl (C=O) groups is 1. The fourth-order valence-electron chi connectivity index (χ4n) is 2.91. The first-order valence-electron chi connectivity index (χ1n) is 6.48. The Hall–Kier alpha value is -0.530. The van der Waals surface area contributed by atoms with Crippen molar-refractivity contribution in [1.82, 2.24) is 4.90 Å². The van der Waals surface area contributed by atoms with Gasteiger partial charge in [-0.25, -0.2) is 0 Å². The summed E-state index contributed by atoms with van der Waals surface area (Å²) in [5.74, 6) is 1.44. The molecule has 2 heteroatoms. The number of hydrogen-bond donors (Lipinski definition) is 0. The number of carbonyl (C=O) groups excluding carboxylic acids is 1. The van der Waals surface area contributed by atoms with Crippen LogP contribution in [-0.2, 0) is 4.79 Å². The van der Waals surface area contributed by atoms with E-state index < -0.39 is 0 Å². The molecular formula is C14H25NO. The largest absolute Gasteiger partial charge is 0.342 e. The van der Waals surface area contributed by atoms with Crippen LogP contribution in [0.4, 0.5) is 0 Å². The lowest BCUT2D eigenvalue weighted by atomic mass is 9.63. The highest BCUT2D eigenvalue weighted by Crippen LogP contribution is 2.46. The number of amides is 1. The summed E-state index contributed by atoms with van der Waals surface area (Å²) in [7, 11) is 0. The Kier molecular flexibility index (Phi) is 2.60. The minimum absolute atomic E-state index is 0.330. The van der Waals surface area contributed by atoms with E-state index in [-0.39, 0.29) is 0 Å². The fourth-order valence-corrected chi connectivity index (χ4v) is 2.91. The molecule has 2 nitrogen and oxygen atoms in total. The average molecular weight is 223 g/mol. The van der Waals surface area contributed by atoms with E-state index in [9.17, 15) is 4.79 Å². The molecule has 0 radical (unpaired) electrons. The molecule has 1 aliphatic carbocycles. The van der Waals surface area contributed by atoms with Crippen molar-refractivity contribution in [3.63, 3.8) is 0 Å². The van der Waals surface area contributed by atoms with Crippen molar-refractivity contribution >= 4 is 5.91 Å². The van der Waals surface area contributed by atoms with Gasteiger partial charge in [-0.05, 0) is 29.6 Å². The van der Waals surface area contributed by atoms with E-state index in [0.717, 1.165) is 25.9 Å². The molecule has 16 heavy (non-hydrogen) atoms. The zero-order chi connectivity index (χ0) is 12.1. The fraction of sp³-hybridized carbons (Fsp3) is 0.929. The Balaban J connectivity index is 1.79. The summed E-state index contributed by atoms with van der Waals surface area (Å²) in [6.45, 7) is 13.3. The van der Waals surface area contributed by atoms with Gasteiger partial charge in [0.1, 0.15) is 0 Å². The van der Waals surface area contributed by atoms with Gasteiger partial charge in [0.25, 0.3) is 0 Å². The van der Waals surface area contributed by atoms with E-state index >= 15 is 0 Å². The first kappa shape index (κ1) is 11.9. The molecule has 1 amide bonds. The Labute approximate surface area is 99.4 Å². The van der Waals surface area contributed by atoms with E-state index in [1.165, 1.54) is 0 Å². The number of likely N-dealkylation sites (tertiary alicyclic amines) is 1. The highest BCUT2D eigenvalue weighted by molar-refractivity contribution is 5.80. The van der Waals surface area contributed by atoms with E-state index in [1.54, 1.807) is 0 Å². The van der Waals surface area contributed by atoms with Crippen LogP contribution in [0.5, 0.6) is 0 Å². The highest BCUT2D eigenvalue weighted by Gasteiger charge is 2.46. The van der Waals surface area contributed by atoms with Gasteiger partial charge in [-0.3, -0.25) is 4.79 Å². The Bertz CT molecular complexity index is 286. The third kappa shape index (κ3) is 2.11. The molecule has 1 heterocycles. The second-order valence-electron chi connectivity index (χ2n) is 7.58. The van der Waals surface area contributed by atoms with Gasteiger partial charge in [-0.1, -0.05) is 34.6 Å². The smallest absolute Gasteiger partial charge is 0.225 e. The zero-order valence-corrected chi connectivity index (χ0v) is 11.3. The predicted molar refractivity (Wildman–Crippen MR) is 66.0 cm³/mol. The molecule has 1 saturated carbocycles. The van der Waals surface area contributed by atoms with Crippen LogP contribution >= 0.6 is 0 Å². The third-order valence-electron chi connectivity index (χ3n) is 4.37. The molecule has 0 aromatic rings. The lowest BCUT2D eigenvalue weighted by Gasteiger charge is -2.50. The molecule has 1 saturated heterocycles. The molecule has 0 atom stereocenters. The van der Waals surface area contributed by atoms with Crippen molar-refractivity contribution in [2.24, 2.45) is 22.7 Å². The molecule has 2 fully saturated rings. The third-order valence-corrected chi connectivity index (χ3v) is 4.37. The molecule has 0 unspecified atom stereocenters. The van der Waals surface area contributed by atoms with Crippen molar-refractivity contribution in [2.75, 3.05) is 13.1 Å². The van der Waals surface area contributed by atoms with E-state index in [2.05, 4.69) is 39.5 Å². The summed E-state index contributed by atoms with van der Waals surface area (Å²) in [5, 5.41) is 0. The van der Waals surface area contributed by atoms with E-state index in [4.69, 9.17) is 0 Å². The summed E-state index contributed by atoms with van der Waals surface area (Å²) in [4.78, 5) is 14.2. The predicted octanol–water partition coefficient (Wildman–Crippen LogP) is 2.93. The second kappa shape index (κ2) is 3.48. The summed E-state index contributed by atoms with van der Waals surface area (Å²) in [6.07, 6.45) is 2.17. The lowest BCUT2D eigenvalue weighted by molar-refractivity contribution is -0.151. The van der Waals surface area contributed by atoms with Crippen molar-refractivity contribution in [2.45, 2.75) is 47.5 Å². The van der Waals surface area contributed by atoms with Crippen molar-refractivity contribution < 1.29 is 4.79 Å². The van der Waals surface area contributed by atoms with E-state index in [0.29, 0.717) is 28.6 Å². The topological polar surface area (TPSA) is 20.3 Å². The second-order valence-corrected chi connectivity index (χ2v) is 7.58. The van der Waals surface area contributed by atoms with E-state index in [1.807, 2.05) is 0 Å². The van der Waals surface area contributed by atoms with Gasteiger partial charge in [0, 0.05) is 19.0 Å². The Morgan fingerprint density at radius 1 is 1.19 bits per heavy atom. The summed E-state index contributed by atoms with van der Waals surface area (Å²) < 4.78 is 0. The molecule has 0 spiro atoms. The van der Waals surface area contributed by atoms with Crippen LogP contribution in [0.3, 0.4) is 0 Å². The van der Waals surface area contributed by atoms with Crippen LogP contribution in [0.2, 0.25) is 0 Å². The monoisotopic (exact) mass is 223 g/mol. The molecule has 0 aromatic carbocycles. The Morgan fingerprint density at radius 2 is 1.69 bits per heavy atom. The van der Waals surface area contributed by atoms with Gasteiger partial charge >= 0.3 is 0 Å². The summed E-state index contributed by atoms with van der Waals surface area (Å²) in [5.41, 5.74) is 0.768.